The largest absolute Gasteiger partial charge is 0.382 e. The molecule has 0 radical (unpaired) electrons. The molecule has 0 saturated carbocycles. The summed E-state index contributed by atoms with van der Waals surface area (Å²) < 4.78 is 0. The topological polar surface area (TPSA) is 75.1 Å². The molecule has 0 bridgehead atoms. The van der Waals surface area contributed by atoms with Crippen LogP contribution in [0.1, 0.15) is 16.0 Å². The maximum Gasteiger partial charge on any atom is 0.142 e. The molecular weight excluding hydrogens is 340 g/mol. The van der Waals surface area contributed by atoms with Gasteiger partial charge in [0.25, 0.3) is 0 Å². The van der Waals surface area contributed by atoms with Crippen LogP contribution in [0.3, 0.4) is 0 Å². The lowest BCUT2D eigenvalue weighted by molar-refractivity contribution is 1.20. The molecule has 0 fully saturated rings. The Labute approximate surface area is 149 Å². The van der Waals surface area contributed by atoms with Crippen LogP contribution in [0.2, 0.25) is 5.02 Å². The van der Waals surface area contributed by atoms with Crippen LogP contribution in [0.25, 0.3) is 10.4 Å². The predicted octanol–water partition coefficient (Wildman–Crippen LogP) is 4.37. The second kappa shape index (κ2) is 7.38. The third-order valence-corrected chi connectivity index (χ3v) is 5.02. The van der Waals surface area contributed by atoms with Crippen LogP contribution in [-0.2, 0) is 6.42 Å². The monoisotopic (exact) mass is 354 g/mol. The van der Waals surface area contributed by atoms with Crippen LogP contribution in [0.15, 0.2) is 59.9 Å². The quantitative estimate of drug-likeness (QED) is 0.527. The fraction of sp³-hybridized carbons (Fsp3) is 0.0556. The first-order valence-corrected chi connectivity index (χ1v) is 8.47. The Balaban J connectivity index is 2.02. The van der Waals surface area contributed by atoms with E-state index in [4.69, 9.17) is 22.7 Å². The standard InChI is InChI=1S/C18H15ClN4S/c19-15-3-1-12(2-4-15)9-14-10-16(13-5-7-22-8-6-13)24-17(14)18(21)23-11-20/h1-8,10-11H,9H2,(H3,20,21,23). The zero-order chi connectivity index (χ0) is 16.9. The highest BCUT2D eigenvalue weighted by molar-refractivity contribution is 7.17. The van der Waals surface area contributed by atoms with Crippen molar-refractivity contribution in [3.05, 3.63) is 75.9 Å². The Morgan fingerprint density at radius 1 is 1.21 bits per heavy atom. The number of nitrogens with two attached hydrogens (primary N) is 1. The van der Waals surface area contributed by atoms with Crippen LogP contribution in [-0.4, -0.2) is 17.2 Å². The third kappa shape index (κ3) is 3.69. The molecule has 0 unspecified atom stereocenters. The molecule has 2 aromatic heterocycles. The summed E-state index contributed by atoms with van der Waals surface area (Å²) >= 11 is 7.52. The molecule has 4 nitrogen and oxygen atoms in total. The Bertz CT molecular complexity index is 870. The molecule has 0 spiro atoms. The molecule has 0 atom stereocenters. The highest BCUT2D eigenvalue weighted by Gasteiger charge is 2.14. The molecule has 120 valence electrons. The number of thiophene rings is 1. The fourth-order valence-electron chi connectivity index (χ4n) is 2.39. The maximum absolute atomic E-state index is 7.16. The lowest BCUT2D eigenvalue weighted by atomic mass is 10.0. The molecule has 2 heterocycles. The van der Waals surface area contributed by atoms with Gasteiger partial charge in [-0.3, -0.25) is 10.4 Å². The van der Waals surface area contributed by atoms with E-state index in [2.05, 4.69) is 16.0 Å². The average molecular weight is 355 g/mol. The second-order valence-corrected chi connectivity index (χ2v) is 6.64. The van der Waals surface area contributed by atoms with Gasteiger partial charge in [0.05, 0.1) is 4.88 Å². The van der Waals surface area contributed by atoms with E-state index in [0.717, 1.165) is 39.2 Å². The number of pyridine rings is 1. The molecule has 3 N–H and O–H groups in total. The van der Waals surface area contributed by atoms with Gasteiger partial charge in [-0.05, 0) is 53.4 Å². The summed E-state index contributed by atoms with van der Waals surface area (Å²) in [6, 6.07) is 13.8. The minimum Gasteiger partial charge on any atom is -0.382 e. The minimum atomic E-state index is 0.360. The smallest absolute Gasteiger partial charge is 0.142 e. The minimum absolute atomic E-state index is 0.360. The van der Waals surface area contributed by atoms with E-state index < -0.39 is 0 Å². The molecule has 0 aliphatic rings. The molecule has 6 heteroatoms. The van der Waals surface area contributed by atoms with E-state index in [0.29, 0.717) is 10.9 Å². The van der Waals surface area contributed by atoms with Gasteiger partial charge in [0, 0.05) is 22.3 Å². The average Bonchev–Trinajstić information content (AvgIpc) is 3.02. The maximum atomic E-state index is 7.16. The van der Waals surface area contributed by atoms with E-state index >= 15 is 0 Å². The van der Waals surface area contributed by atoms with Crippen molar-refractivity contribution in [3.63, 3.8) is 0 Å². The van der Waals surface area contributed by atoms with Crippen molar-refractivity contribution < 1.29 is 0 Å². The first-order chi connectivity index (χ1) is 11.7. The number of amidine groups is 1. The summed E-state index contributed by atoms with van der Waals surface area (Å²) in [5, 5.41) is 7.87. The van der Waals surface area contributed by atoms with Crippen molar-refractivity contribution in [2.75, 3.05) is 0 Å². The molecular formula is C18H15ClN4S. The number of aromatic nitrogens is 1. The number of rotatable bonds is 5. The first-order valence-electron chi connectivity index (χ1n) is 7.27. The Kier molecular flexibility index (Phi) is 5.03. The Hall–Kier alpha value is -2.50. The van der Waals surface area contributed by atoms with Crippen LogP contribution < -0.4 is 5.73 Å². The van der Waals surface area contributed by atoms with E-state index in [-0.39, 0.29) is 0 Å². The predicted molar refractivity (Wildman–Crippen MR) is 101 cm³/mol. The summed E-state index contributed by atoms with van der Waals surface area (Å²) in [6.07, 6.45) is 5.22. The number of nitrogens with zero attached hydrogens (tertiary/aromatic N) is 2. The number of hydrogen-bond acceptors (Lipinski definition) is 3. The van der Waals surface area contributed by atoms with Crippen molar-refractivity contribution in [1.82, 2.24) is 4.98 Å². The lowest BCUT2D eigenvalue weighted by Crippen LogP contribution is -2.13. The van der Waals surface area contributed by atoms with Crippen LogP contribution in [0.5, 0.6) is 0 Å². The van der Waals surface area contributed by atoms with Crippen LogP contribution in [0, 0.1) is 5.41 Å². The molecule has 0 saturated heterocycles. The molecule has 1 aromatic carbocycles. The van der Waals surface area contributed by atoms with E-state index in [1.54, 1.807) is 23.7 Å². The summed E-state index contributed by atoms with van der Waals surface area (Å²) in [5.74, 6) is 0.360. The van der Waals surface area contributed by atoms with Gasteiger partial charge in [-0.25, -0.2) is 4.99 Å². The summed E-state index contributed by atoms with van der Waals surface area (Å²) in [5.41, 5.74) is 9.36. The van der Waals surface area contributed by atoms with E-state index in [1.807, 2.05) is 36.4 Å². The molecule has 0 aliphatic carbocycles. The molecule has 24 heavy (non-hydrogen) atoms. The summed E-state index contributed by atoms with van der Waals surface area (Å²) in [6.45, 7) is 0. The lowest BCUT2D eigenvalue weighted by Gasteiger charge is -2.03. The molecule has 3 aromatic rings. The van der Waals surface area contributed by atoms with Gasteiger partial charge in [-0.1, -0.05) is 23.7 Å². The van der Waals surface area contributed by atoms with E-state index in [1.165, 1.54) is 0 Å². The van der Waals surface area contributed by atoms with Crippen molar-refractivity contribution in [1.29, 1.82) is 5.41 Å². The first kappa shape index (κ1) is 16.4. The third-order valence-electron chi connectivity index (χ3n) is 3.52. The Morgan fingerprint density at radius 2 is 1.92 bits per heavy atom. The molecule has 3 rings (SSSR count). The van der Waals surface area contributed by atoms with Gasteiger partial charge >= 0.3 is 0 Å². The number of hydrogen-bond donors (Lipinski definition) is 2. The molecule has 0 aliphatic heterocycles. The summed E-state index contributed by atoms with van der Waals surface area (Å²) in [4.78, 5) is 9.97. The zero-order valence-corrected chi connectivity index (χ0v) is 14.3. The SMILES string of the molecule is N=CN=C(N)c1sc(-c2ccncc2)cc1Cc1ccc(Cl)cc1. The number of nitrogens with one attached hydrogen (secondary N) is 1. The van der Waals surface area contributed by atoms with Gasteiger partial charge in [-0.2, -0.15) is 0 Å². The molecule has 0 amide bonds. The fourth-order valence-corrected chi connectivity index (χ4v) is 3.61. The van der Waals surface area contributed by atoms with Gasteiger partial charge in [0.2, 0.25) is 0 Å². The van der Waals surface area contributed by atoms with Crippen LogP contribution >= 0.6 is 22.9 Å². The van der Waals surface area contributed by atoms with Gasteiger partial charge in [-0.15, -0.1) is 11.3 Å². The number of benzene rings is 1. The van der Waals surface area contributed by atoms with Crippen molar-refractivity contribution in [3.8, 4) is 10.4 Å². The van der Waals surface area contributed by atoms with Gasteiger partial charge < -0.3 is 5.73 Å². The highest BCUT2D eigenvalue weighted by Crippen LogP contribution is 2.32. The van der Waals surface area contributed by atoms with Gasteiger partial charge in [0.15, 0.2) is 0 Å². The summed E-state index contributed by atoms with van der Waals surface area (Å²) in [7, 11) is 0. The Morgan fingerprint density at radius 3 is 2.58 bits per heavy atom. The van der Waals surface area contributed by atoms with Crippen molar-refractivity contribution in [2.45, 2.75) is 6.42 Å². The van der Waals surface area contributed by atoms with Crippen LogP contribution in [0.4, 0.5) is 0 Å². The highest BCUT2D eigenvalue weighted by atomic mass is 35.5. The van der Waals surface area contributed by atoms with E-state index in [9.17, 15) is 0 Å². The second-order valence-electron chi connectivity index (χ2n) is 5.15. The normalized spacial score (nSPS) is 11.5. The number of halogens is 1. The number of aliphatic imine (C=N–C) groups is 1. The zero-order valence-electron chi connectivity index (χ0n) is 12.7. The van der Waals surface area contributed by atoms with Crippen molar-refractivity contribution >= 4 is 35.1 Å². The van der Waals surface area contributed by atoms with Crippen molar-refractivity contribution in [2.24, 2.45) is 10.7 Å². The van der Waals surface area contributed by atoms with Gasteiger partial charge in [0.1, 0.15) is 12.2 Å².